The Bertz CT molecular complexity index is 873. The standard InChI is InChI=1S/C20H24N2O4/c1-12-7-3-5-9-16(12)22-19(24)13(2)26-20(25)15-11-18(23)21-17-10-6-4-8-14(15)17/h4,6,8,10-13,16H,3,5,7,9H2,1-2H3,(H,21,23)(H,22,24)/t12-,13+,16-/m1/s1. The molecule has 6 nitrogen and oxygen atoms in total. The normalized spacial score (nSPS) is 21.2. The van der Waals surface area contributed by atoms with E-state index in [4.69, 9.17) is 4.74 Å². The lowest BCUT2D eigenvalue weighted by atomic mass is 9.86. The third kappa shape index (κ3) is 3.95. The number of ether oxygens (including phenoxy) is 1. The highest BCUT2D eigenvalue weighted by molar-refractivity contribution is 6.03. The molecule has 1 aliphatic rings. The van der Waals surface area contributed by atoms with E-state index in [1.165, 1.54) is 12.5 Å². The predicted molar refractivity (Wildman–Crippen MR) is 99.0 cm³/mol. The zero-order valence-corrected chi connectivity index (χ0v) is 15.1. The third-order valence-corrected chi connectivity index (χ3v) is 5.06. The second-order valence-corrected chi connectivity index (χ2v) is 7.02. The van der Waals surface area contributed by atoms with Gasteiger partial charge in [0, 0.05) is 23.0 Å². The van der Waals surface area contributed by atoms with Crippen LogP contribution in [0.15, 0.2) is 35.1 Å². The summed E-state index contributed by atoms with van der Waals surface area (Å²) in [7, 11) is 0. The number of benzene rings is 1. The Kier molecular flexibility index (Phi) is 5.40. The van der Waals surface area contributed by atoms with Crippen LogP contribution in [0.4, 0.5) is 0 Å². The van der Waals surface area contributed by atoms with Gasteiger partial charge >= 0.3 is 5.97 Å². The molecule has 0 radical (unpaired) electrons. The quantitative estimate of drug-likeness (QED) is 0.825. The second kappa shape index (κ2) is 7.72. The molecular formula is C20H24N2O4. The van der Waals surface area contributed by atoms with Crippen molar-refractivity contribution in [3.05, 3.63) is 46.2 Å². The van der Waals surface area contributed by atoms with Crippen molar-refractivity contribution in [3.8, 4) is 0 Å². The Balaban J connectivity index is 1.71. The van der Waals surface area contributed by atoms with Crippen LogP contribution in [0.3, 0.4) is 0 Å². The summed E-state index contributed by atoms with van der Waals surface area (Å²) in [6.07, 6.45) is 3.41. The molecule has 0 aliphatic heterocycles. The molecule has 2 N–H and O–H groups in total. The van der Waals surface area contributed by atoms with E-state index in [1.807, 2.05) is 0 Å². The van der Waals surface area contributed by atoms with Crippen molar-refractivity contribution >= 4 is 22.8 Å². The number of hydrogen-bond acceptors (Lipinski definition) is 4. The van der Waals surface area contributed by atoms with E-state index in [0.717, 1.165) is 19.3 Å². The molecule has 1 fully saturated rings. The van der Waals surface area contributed by atoms with Crippen molar-refractivity contribution in [2.75, 3.05) is 0 Å². The number of nitrogens with one attached hydrogen (secondary N) is 2. The number of carbonyl (C=O) groups excluding carboxylic acids is 2. The maximum absolute atomic E-state index is 12.5. The van der Waals surface area contributed by atoms with Gasteiger partial charge in [0.15, 0.2) is 6.10 Å². The van der Waals surface area contributed by atoms with Gasteiger partial charge in [-0.05, 0) is 31.7 Å². The molecule has 26 heavy (non-hydrogen) atoms. The number of aromatic nitrogens is 1. The highest BCUT2D eigenvalue weighted by atomic mass is 16.5. The van der Waals surface area contributed by atoms with E-state index in [9.17, 15) is 14.4 Å². The lowest BCUT2D eigenvalue weighted by Crippen LogP contribution is -2.46. The highest BCUT2D eigenvalue weighted by Crippen LogP contribution is 2.24. The van der Waals surface area contributed by atoms with Crippen LogP contribution in [0.25, 0.3) is 10.9 Å². The van der Waals surface area contributed by atoms with Crippen LogP contribution in [0, 0.1) is 5.92 Å². The summed E-state index contributed by atoms with van der Waals surface area (Å²) in [5.41, 5.74) is 0.332. The van der Waals surface area contributed by atoms with E-state index >= 15 is 0 Å². The number of fused-ring (bicyclic) bond motifs is 1. The monoisotopic (exact) mass is 356 g/mol. The third-order valence-electron chi connectivity index (χ3n) is 5.06. The van der Waals surface area contributed by atoms with Gasteiger partial charge in [-0.3, -0.25) is 9.59 Å². The highest BCUT2D eigenvalue weighted by Gasteiger charge is 2.27. The zero-order valence-electron chi connectivity index (χ0n) is 15.1. The molecule has 0 bridgehead atoms. The maximum atomic E-state index is 12.5. The SMILES string of the molecule is C[C@H](OC(=O)c1cc(=O)[nH]c2ccccc12)C(=O)N[C@@H]1CCCC[C@H]1C. The lowest BCUT2D eigenvalue weighted by Gasteiger charge is -2.30. The van der Waals surface area contributed by atoms with E-state index in [-0.39, 0.29) is 23.1 Å². The Morgan fingerprint density at radius 2 is 1.96 bits per heavy atom. The molecule has 1 aromatic heterocycles. The summed E-state index contributed by atoms with van der Waals surface area (Å²) in [6.45, 7) is 3.68. The van der Waals surface area contributed by atoms with Crippen LogP contribution in [-0.2, 0) is 9.53 Å². The smallest absolute Gasteiger partial charge is 0.339 e. The molecule has 1 heterocycles. The molecule has 2 aromatic rings. The molecule has 1 amide bonds. The summed E-state index contributed by atoms with van der Waals surface area (Å²) in [5, 5.41) is 3.58. The van der Waals surface area contributed by atoms with Gasteiger partial charge in [-0.1, -0.05) is 38.0 Å². The summed E-state index contributed by atoms with van der Waals surface area (Å²) >= 11 is 0. The molecule has 0 spiro atoms. The molecule has 3 atom stereocenters. The zero-order chi connectivity index (χ0) is 18.7. The molecule has 3 rings (SSSR count). The van der Waals surface area contributed by atoms with Crippen molar-refractivity contribution in [1.82, 2.24) is 10.3 Å². The Hall–Kier alpha value is -2.63. The number of aromatic amines is 1. The fraction of sp³-hybridized carbons (Fsp3) is 0.450. The number of H-pyrrole nitrogens is 1. The summed E-state index contributed by atoms with van der Waals surface area (Å²) < 4.78 is 5.33. The first kappa shape index (κ1) is 18.2. The first-order valence-corrected chi connectivity index (χ1v) is 9.09. The first-order valence-electron chi connectivity index (χ1n) is 9.09. The predicted octanol–water partition coefficient (Wildman–Crippen LogP) is 2.77. The molecule has 1 aromatic carbocycles. The number of carbonyl (C=O) groups is 2. The van der Waals surface area contributed by atoms with Gasteiger partial charge in [-0.15, -0.1) is 0 Å². The van der Waals surface area contributed by atoms with Gasteiger partial charge in [0.25, 0.3) is 5.91 Å². The van der Waals surface area contributed by atoms with E-state index in [0.29, 0.717) is 16.8 Å². The molecule has 6 heteroatoms. The average molecular weight is 356 g/mol. The topological polar surface area (TPSA) is 88.3 Å². The van der Waals surface area contributed by atoms with E-state index < -0.39 is 12.1 Å². The summed E-state index contributed by atoms with van der Waals surface area (Å²) in [4.78, 5) is 39.4. The Morgan fingerprint density at radius 1 is 1.23 bits per heavy atom. The minimum absolute atomic E-state index is 0.123. The second-order valence-electron chi connectivity index (χ2n) is 7.02. The van der Waals surface area contributed by atoms with Gasteiger partial charge < -0.3 is 15.0 Å². The minimum Gasteiger partial charge on any atom is -0.449 e. The van der Waals surface area contributed by atoms with Crippen molar-refractivity contribution in [2.24, 2.45) is 5.92 Å². The van der Waals surface area contributed by atoms with Gasteiger partial charge in [0.05, 0.1) is 5.56 Å². The Morgan fingerprint density at radius 3 is 2.73 bits per heavy atom. The molecule has 1 saturated carbocycles. The molecule has 0 saturated heterocycles. The summed E-state index contributed by atoms with van der Waals surface area (Å²) in [6, 6.07) is 8.33. The van der Waals surface area contributed by atoms with Crippen molar-refractivity contribution < 1.29 is 14.3 Å². The van der Waals surface area contributed by atoms with Gasteiger partial charge in [0.2, 0.25) is 5.56 Å². The van der Waals surface area contributed by atoms with Crippen molar-refractivity contribution in [3.63, 3.8) is 0 Å². The number of rotatable bonds is 4. The summed E-state index contributed by atoms with van der Waals surface area (Å²) in [5.74, 6) is -0.551. The van der Waals surface area contributed by atoms with Gasteiger partial charge in [0.1, 0.15) is 0 Å². The fourth-order valence-corrected chi connectivity index (χ4v) is 3.48. The number of esters is 1. The maximum Gasteiger partial charge on any atom is 0.339 e. The molecule has 138 valence electrons. The largest absolute Gasteiger partial charge is 0.449 e. The minimum atomic E-state index is -0.922. The van der Waals surface area contributed by atoms with Crippen LogP contribution in [0.1, 0.15) is 49.9 Å². The van der Waals surface area contributed by atoms with Crippen LogP contribution in [-0.4, -0.2) is 29.0 Å². The van der Waals surface area contributed by atoms with Crippen molar-refractivity contribution in [2.45, 2.75) is 51.7 Å². The van der Waals surface area contributed by atoms with Crippen LogP contribution < -0.4 is 10.9 Å². The van der Waals surface area contributed by atoms with E-state index in [2.05, 4.69) is 17.2 Å². The average Bonchev–Trinajstić information content (AvgIpc) is 2.62. The van der Waals surface area contributed by atoms with Crippen LogP contribution >= 0.6 is 0 Å². The number of hydrogen-bond donors (Lipinski definition) is 2. The van der Waals surface area contributed by atoms with E-state index in [1.54, 1.807) is 31.2 Å². The molecular weight excluding hydrogens is 332 g/mol. The van der Waals surface area contributed by atoms with Crippen LogP contribution in [0.5, 0.6) is 0 Å². The molecule has 1 aliphatic carbocycles. The lowest BCUT2D eigenvalue weighted by molar-refractivity contribution is -0.130. The fourth-order valence-electron chi connectivity index (χ4n) is 3.48. The first-order chi connectivity index (χ1) is 12.5. The van der Waals surface area contributed by atoms with Crippen molar-refractivity contribution in [1.29, 1.82) is 0 Å². The van der Waals surface area contributed by atoms with Gasteiger partial charge in [-0.25, -0.2) is 4.79 Å². The van der Waals surface area contributed by atoms with Gasteiger partial charge in [-0.2, -0.15) is 0 Å². The number of amides is 1. The van der Waals surface area contributed by atoms with Crippen LogP contribution in [0.2, 0.25) is 0 Å². The Labute approximate surface area is 151 Å². The molecule has 0 unspecified atom stereocenters. The number of pyridine rings is 1. The number of para-hydroxylation sites is 1.